The third-order valence-electron chi connectivity index (χ3n) is 6.14. The smallest absolute Gasteiger partial charge is 0.379 e. The number of ether oxygens (including phenoxy) is 2. The summed E-state index contributed by atoms with van der Waals surface area (Å²) in [6, 6.07) is 0.892. The molecule has 1 fully saturated rings. The number of halogens is 4. The van der Waals surface area contributed by atoms with E-state index >= 15 is 0 Å². The molecular formula is C22H28BrF3N6O4Si. The fourth-order valence-electron chi connectivity index (χ4n) is 4.35. The number of aromatic nitrogens is 3. The topological polar surface area (TPSA) is 113 Å². The molecule has 15 heteroatoms. The summed E-state index contributed by atoms with van der Waals surface area (Å²) in [5.41, 5.74) is -0.174. The molecule has 4 heterocycles. The molecule has 4 rings (SSSR count). The summed E-state index contributed by atoms with van der Waals surface area (Å²) in [4.78, 5) is 32.3. The molecule has 1 amide bonds. The minimum absolute atomic E-state index is 0.0399. The molecule has 0 spiro atoms. The highest BCUT2D eigenvalue weighted by Gasteiger charge is 2.36. The van der Waals surface area contributed by atoms with Crippen LogP contribution in [-0.2, 0) is 27.1 Å². The van der Waals surface area contributed by atoms with Crippen molar-refractivity contribution in [1.29, 1.82) is 0 Å². The maximum absolute atomic E-state index is 13.1. The largest absolute Gasteiger partial charge is 0.417 e. The lowest BCUT2D eigenvalue weighted by Crippen LogP contribution is -2.56. The third-order valence-corrected chi connectivity index (χ3v) is 7.46. The van der Waals surface area contributed by atoms with Crippen LogP contribution >= 0.6 is 15.9 Å². The number of alkyl halides is 3. The van der Waals surface area contributed by atoms with Gasteiger partial charge in [-0.25, -0.2) is 10.1 Å². The van der Waals surface area contributed by atoms with Gasteiger partial charge in [0.1, 0.15) is 10.3 Å². The Balaban J connectivity index is 1.28. The summed E-state index contributed by atoms with van der Waals surface area (Å²) >= 11 is 3.24. The maximum atomic E-state index is 13.1. The SMILES string of the molecule is C[C@]([SiH3])(COCCC(=O)N1CCN2c3ncc(C(F)(F)F)cc3COC[C@H]2C1)Nc1cn[nH]c(=O)c1Br. The van der Waals surface area contributed by atoms with E-state index in [1.165, 1.54) is 6.20 Å². The van der Waals surface area contributed by atoms with Gasteiger partial charge in [0.15, 0.2) is 0 Å². The molecule has 0 aliphatic carbocycles. The summed E-state index contributed by atoms with van der Waals surface area (Å²) in [5.74, 6) is 0.418. The van der Waals surface area contributed by atoms with Crippen LogP contribution in [-0.4, -0.2) is 86.9 Å². The summed E-state index contributed by atoms with van der Waals surface area (Å²) < 4.78 is 51.0. The van der Waals surface area contributed by atoms with Crippen LogP contribution in [0.5, 0.6) is 0 Å². The third kappa shape index (κ3) is 6.69. The first-order chi connectivity index (χ1) is 17.4. The van der Waals surface area contributed by atoms with Crippen LogP contribution in [0, 0.1) is 0 Å². The van der Waals surface area contributed by atoms with Crippen LogP contribution < -0.4 is 15.8 Å². The summed E-state index contributed by atoms with van der Waals surface area (Å²) in [6.45, 7) is 4.15. The van der Waals surface area contributed by atoms with E-state index in [9.17, 15) is 22.8 Å². The molecule has 0 bridgehead atoms. The number of H-pyrrole nitrogens is 1. The van der Waals surface area contributed by atoms with E-state index in [1.54, 1.807) is 4.90 Å². The monoisotopic (exact) mass is 604 g/mol. The van der Waals surface area contributed by atoms with Crippen molar-refractivity contribution in [2.45, 2.75) is 37.3 Å². The van der Waals surface area contributed by atoms with E-state index in [1.807, 2.05) is 11.8 Å². The van der Waals surface area contributed by atoms with Crippen molar-refractivity contribution in [3.63, 3.8) is 0 Å². The highest BCUT2D eigenvalue weighted by atomic mass is 79.9. The number of rotatable bonds is 7. The second-order valence-corrected chi connectivity index (χ2v) is 12.6. The number of aromatic amines is 1. The van der Waals surface area contributed by atoms with Crippen molar-refractivity contribution in [1.82, 2.24) is 20.1 Å². The Morgan fingerprint density at radius 1 is 1.38 bits per heavy atom. The number of pyridine rings is 1. The quantitative estimate of drug-likeness (QED) is 0.357. The van der Waals surface area contributed by atoms with Crippen molar-refractivity contribution in [3.8, 4) is 0 Å². The number of hydrogen-bond donors (Lipinski definition) is 2. The molecule has 0 radical (unpaired) electrons. The number of piperazine rings is 1. The number of anilines is 2. The van der Waals surface area contributed by atoms with Crippen molar-refractivity contribution < 1.29 is 27.4 Å². The van der Waals surface area contributed by atoms with Gasteiger partial charge in [0.05, 0.1) is 56.3 Å². The van der Waals surface area contributed by atoms with Gasteiger partial charge in [-0.2, -0.15) is 18.3 Å². The van der Waals surface area contributed by atoms with Crippen LogP contribution in [0.1, 0.15) is 24.5 Å². The molecule has 2 atom stereocenters. The van der Waals surface area contributed by atoms with Crippen molar-refractivity contribution in [3.05, 3.63) is 44.4 Å². The summed E-state index contributed by atoms with van der Waals surface area (Å²) in [6.07, 6.45) is -1.90. The average molecular weight is 605 g/mol. The van der Waals surface area contributed by atoms with E-state index in [2.05, 4.69) is 36.4 Å². The Hall–Kier alpha value is -2.49. The molecule has 37 heavy (non-hydrogen) atoms. The lowest BCUT2D eigenvalue weighted by Gasteiger charge is -2.41. The Bertz CT molecular complexity index is 1200. The second-order valence-electron chi connectivity index (χ2n) is 9.64. The minimum atomic E-state index is -4.47. The number of carbonyl (C=O) groups is 1. The molecular weight excluding hydrogens is 577 g/mol. The lowest BCUT2D eigenvalue weighted by atomic mass is 10.1. The first kappa shape index (κ1) is 27.5. The fourth-order valence-corrected chi connectivity index (χ4v) is 5.11. The first-order valence-corrected chi connectivity index (χ1v) is 13.5. The van der Waals surface area contributed by atoms with E-state index in [0.717, 1.165) is 12.3 Å². The van der Waals surface area contributed by atoms with Gasteiger partial charge in [0.2, 0.25) is 5.91 Å². The molecule has 2 aromatic heterocycles. The maximum Gasteiger partial charge on any atom is 0.417 e. The molecule has 0 aromatic carbocycles. The normalized spacial score (nSPS) is 19.5. The van der Waals surface area contributed by atoms with Crippen molar-refractivity contribution in [2.24, 2.45) is 0 Å². The standard InChI is InChI=1S/C22H28BrF3N6O4Si/c1-21(37,29-16-8-28-30-20(34)18(16)23)12-35-5-2-17(33)31-3-4-32-15(9-31)11-36-10-13-6-14(22(24,25)26)7-27-19(13)32/h6-8,15H,2-5,9-12H2,1,37H3,(H2,29,30,34)/t15-,21+/m1/s1. The van der Waals surface area contributed by atoms with E-state index < -0.39 is 16.9 Å². The van der Waals surface area contributed by atoms with Gasteiger partial charge in [0, 0.05) is 46.8 Å². The summed E-state index contributed by atoms with van der Waals surface area (Å²) in [7, 11) is 0.704. The highest BCUT2D eigenvalue weighted by molar-refractivity contribution is 9.10. The van der Waals surface area contributed by atoms with Crippen LogP contribution in [0.15, 0.2) is 27.7 Å². The predicted octanol–water partition coefficient (Wildman–Crippen LogP) is 1.09. The number of amides is 1. The van der Waals surface area contributed by atoms with Crippen LogP contribution in [0.3, 0.4) is 0 Å². The van der Waals surface area contributed by atoms with Gasteiger partial charge in [-0.1, -0.05) is 0 Å². The van der Waals surface area contributed by atoms with Gasteiger partial charge >= 0.3 is 6.18 Å². The zero-order valence-electron chi connectivity index (χ0n) is 20.4. The molecule has 0 saturated carbocycles. The highest BCUT2D eigenvalue weighted by Crippen LogP contribution is 2.34. The fraction of sp³-hybridized carbons (Fsp3) is 0.545. The first-order valence-electron chi connectivity index (χ1n) is 11.7. The number of nitrogens with one attached hydrogen (secondary N) is 2. The molecule has 0 unspecified atom stereocenters. The Morgan fingerprint density at radius 2 is 2.16 bits per heavy atom. The Labute approximate surface area is 222 Å². The predicted molar refractivity (Wildman–Crippen MR) is 137 cm³/mol. The van der Waals surface area contributed by atoms with Crippen LogP contribution in [0.4, 0.5) is 24.7 Å². The van der Waals surface area contributed by atoms with Gasteiger partial charge in [-0.05, 0) is 28.9 Å². The molecule has 2 aliphatic heterocycles. The molecule has 2 aliphatic rings. The minimum Gasteiger partial charge on any atom is -0.379 e. The molecule has 2 N–H and O–H groups in total. The Kier molecular flexibility index (Phi) is 8.25. The van der Waals surface area contributed by atoms with Gasteiger partial charge in [-0.15, -0.1) is 0 Å². The van der Waals surface area contributed by atoms with Gasteiger partial charge in [0.25, 0.3) is 5.56 Å². The number of nitrogens with zero attached hydrogens (tertiary/aromatic N) is 4. The van der Waals surface area contributed by atoms with Crippen LogP contribution in [0.2, 0.25) is 0 Å². The molecule has 10 nitrogen and oxygen atoms in total. The average Bonchev–Trinajstić information content (AvgIpc) is 3.02. The zero-order chi connectivity index (χ0) is 26.8. The van der Waals surface area contributed by atoms with E-state index in [-0.39, 0.29) is 43.7 Å². The van der Waals surface area contributed by atoms with E-state index in [0.29, 0.717) is 58.0 Å². The Morgan fingerprint density at radius 3 is 2.92 bits per heavy atom. The number of hydrogen-bond acceptors (Lipinski definition) is 8. The van der Waals surface area contributed by atoms with Crippen LogP contribution in [0.25, 0.3) is 0 Å². The van der Waals surface area contributed by atoms with Gasteiger partial charge < -0.3 is 24.6 Å². The summed E-state index contributed by atoms with van der Waals surface area (Å²) in [5, 5.41) is 9.01. The molecule has 202 valence electrons. The second kappa shape index (κ2) is 11.1. The van der Waals surface area contributed by atoms with Crippen molar-refractivity contribution >= 4 is 43.6 Å². The lowest BCUT2D eigenvalue weighted by molar-refractivity contribution is -0.138. The number of fused-ring (bicyclic) bond motifs is 3. The number of carbonyl (C=O) groups excluding carboxylic acids is 1. The molecule has 2 aromatic rings. The van der Waals surface area contributed by atoms with Crippen molar-refractivity contribution in [2.75, 3.05) is 49.7 Å². The molecule has 1 saturated heterocycles. The zero-order valence-corrected chi connectivity index (χ0v) is 24.0. The van der Waals surface area contributed by atoms with E-state index in [4.69, 9.17) is 9.47 Å². The van der Waals surface area contributed by atoms with Gasteiger partial charge in [-0.3, -0.25) is 9.59 Å².